The van der Waals surface area contributed by atoms with Gasteiger partial charge in [-0.05, 0) is 36.8 Å². The van der Waals surface area contributed by atoms with Crippen LogP contribution in [0.25, 0.3) is 0 Å². The van der Waals surface area contributed by atoms with Gasteiger partial charge in [0, 0.05) is 6.54 Å². The van der Waals surface area contributed by atoms with Gasteiger partial charge in [0.25, 0.3) is 0 Å². The molecule has 0 atom stereocenters. The predicted octanol–water partition coefficient (Wildman–Crippen LogP) is 3.20. The molecule has 0 radical (unpaired) electrons. The van der Waals surface area contributed by atoms with Crippen molar-refractivity contribution < 1.29 is 13.9 Å². The highest BCUT2D eigenvalue weighted by atomic mass is 19.1. The maximum Gasteiger partial charge on any atom is 0.340 e. The number of carbonyl (C=O) groups excluding carboxylic acids is 1. The first-order chi connectivity index (χ1) is 10.1. The summed E-state index contributed by atoms with van der Waals surface area (Å²) in [6, 6.07) is 11.3. The van der Waals surface area contributed by atoms with Crippen LogP contribution in [0.2, 0.25) is 0 Å². The van der Waals surface area contributed by atoms with Crippen LogP contribution in [0.15, 0.2) is 42.5 Å². The molecule has 21 heavy (non-hydrogen) atoms. The Balaban J connectivity index is 2.21. The van der Waals surface area contributed by atoms with Gasteiger partial charge >= 0.3 is 5.97 Å². The summed E-state index contributed by atoms with van der Waals surface area (Å²) in [5.74, 6) is -0.743. The van der Waals surface area contributed by atoms with Gasteiger partial charge in [-0.3, -0.25) is 0 Å². The van der Waals surface area contributed by atoms with E-state index in [-0.39, 0.29) is 12.4 Å². The van der Waals surface area contributed by atoms with E-state index < -0.39 is 5.97 Å². The van der Waals surface area contributed by atoms with E-state index in [0.29, 0.717) is 23.5 Å². The SMILES string of the molecule is CCOC(=O)c1cccc(N)c1NCc1cccc(F)c1. The standard InChI is InChI=1S/C16H17FN2O2/c1-2-21-16(20)13-7-4-8-14(18)15(13)19-10-11-5-3-6-12(17)9-11/h3-9,19H,2,10,18H2,1H3. The molecule has 0 aliphatic heterocycles. The molecule has 0 aromatic heterocycles. The van der Waals surface area contributed by atoms with Crippen molar-refractivity contribution in [1.82, 2.24) is 0 Å². The lowest BCUT2D eigenvalue weighted by Crippen LogP contribution is -2.11. The van der Waals surface area contributed by atoms with Crippen molar-refractivity contribution >= 4 is 17.3 Å². The molecule has 0 spiro atoms. The summed E-state index contributed by atoms with van der Waals surface area (Å²) >= 11 is 0. The summed E-state index contributed by atoms with van der Waals surface area (Å²) < 4.78 is 18.2. The third-order valence-electron chi connectivity index (χ3n) is 2.95. The van der Waals surface area contributed by atoms with Gasteiger partial charge in [-0.2, -0.15) is 0 Å². The minimum absolute atomic E-state index is 0.289. The molecule has 0 aliphatic rings. The number of ether oxygens (including phenoxy) is 1. The molecule has 0 saturated carbocycles. The number of nitrogen functional groups attached to an aromatic ring is 1. The molecule has 0 fully saturated rings. The fraction of sp³-hybridized carbons (Fsp3) is 0.188. The van der Waals surface area contributed by atoms with E-state index in [2.05, 4.69) is 5.32 Å². The van der Waals surface area contributed by atoms with E-state index in [1.54, 1.807) is 37.3 Å². The molecule has 110 valence electrons. The topological polar surface area (TPSA) is 64.3 Å². The van der Waals surface area contributed by atoms with Crippen molar-refractivity contribution in [2.45, 2.75) is 13.5 Å². The first-order valence-electron chi connectivity index (χ1n) is 6.65. The Hall–Kier alpha value is -2.56. The van der Waals surface area contributed by atoms with Gasteiger partial charge in [0.05, 0.1) is 23.5 Å². The minimum Gasteiger partial charge on any atom is -0.462 e. The van der Waals surface area contributed by atoms with Crippen LogP contribution in [0, 0.1) is 5.82 Å². The molecule has 4 nitrogen and oxygen atoms in total. The van der Waals surface area contributed by atoms with E-state index in [4.69, 9.17) is 10.5 Å². The zero-order valence-corrected chi connectivity index (χ0v) is 11.7. The highest BCUT2D eigenvalue weighted by Gasteiger charge is 2.14. The smallest absolute Gasteiger partial charge is 0.340 e. The molecular weight excluding hydrogens is 271 g/mol. The zero-order chi connectivity index (χ0) is 15.2. The van der Waals surface area contributed by atoms with Gasteiger partial charge in [-0.25, -0.2) is 9.18 Å². The van der Waals surface area contributed by atoms with Crippen LogP contribution in [0.5, 0.6) is 0 Å². The number of nitrogens with two attached hydrogens (primary N) is 1. The number of carbonyl (C=O) groups is 1. The first kappa shape index (κ1) is 14.8. The number of benzene rings is 2. The Kier molecular flexibility index (Phi) is 4.77. The van der Waals surface area contributed by atoms with Gasteiger partial charge in [0.15, 0.2) is 0 Å². The van der Waals surface area contributed by atoms with E-state index in [1.165, 1.54) is 12.1 Å². The highest BCUT2D eigenvalue weighted by Crippen LogP contribution is 2.25. The number of halogens is 1. The average molecular weight is 288 g/mol. The fourth-order valence-electron chi connectivity index (χ4n) is 1.98. The molecule has 0 bridgehead atoms. The quantitative estimate of drug-likeness (QED) is 0.655. The monoisotopic (exact) mass is 288 g/mol. The van der Waals surface area contributed by atoms with Crippen molar-refractivity contribution in [3.05, 3.63) is 59.4 Å². The van der Waals surface area contributed by atoms with Crippen LogP contribution >= 0.6 is 0 Å². The Bertz CT molecular complexity index is 644. The molecule has 0 unspecified atom stereocenters. The molecule has 2 rings (SSSR count). The lowest BCUT2D eigenvalue weighted by Gasteiger charge is -2.14. The summed E-state index contributed by atoms with van der Waals surface area (Å²) in [5, 5.41) is 3.07. The number of esters is 1. The molecular formula is C16H17FN2O2. The highest BCUT2D eigenvalue weighted by molar-refractivity contribution is 5.98. The molecule has 3 N–H and O–H groups in total. The summed E-state index contributed by atoms with van der Waals surface area (Å²) in [7, 11) is 0. The van der Waals surface area contributed by atoms with E-state index in [0.717, 1.165) is 5.56 Å². The molecule has 2 aromatic rings. The van der Waals surface area contributed by atoms with Gasteiger partial charge < -0.3 is 15.8 Å². The van der Waals surface area contributed by atoms with E-state index in [9.17, 15) is 9.18 Å². The molecule has 0 saturated heterocycles. The Morgan fingerprint density at radius 1 is 1.29 bits per heavy atom. The van der Waals surface area contributed by atoms with Gasteiger partial charge in [0.2, 0.25) is 0 Å². The average Bonchev–Trinajstić information content (AvgIpc) is 2.46. The number of nitrogens with one attached hydrogen (secondary N) is 1. The predicted molar refractivity (Wildman–Crippen MR) is 80.5 cm³/mol. The maximum atomic E-state index is 13.2. The Labute approximate surface area is 122 Å². The van der Waals surface area contributed by atoms with Crippen molar-refractivity contribution in [3.63, 3.8) is 0 Å². The van der Waals surface area contributed by atoms with Gasteiger partial charge in [-0.15, -0.1) is 0 Å². The second kappa shape index (κ2) is 6.74. The third-order valence-corrected chi connectivity index (χ3v) is 2.95. The third kappa shape index (κ3) is 3.72. The van der Waals surface area contributed by atoms with Crippen LogP contribution < -0.4 is 11.1 Å². The van der Waals surface area contributed by atoms with E-state index in [1.807, 2.05) is 0 Å². The lowest BCUT2D eigenvalue weighted by molar-refractivity contribution is 0.0527. The van der Waals surface area contributed by atoms with Crippen LogP contribution in [-0.2, 0) is 11.3 Å². The first-order valence-corrected chi connectivity index (χ1v) is 6.65. The summed E-state index contributed by atoms with van der Waals surface area (Å²) in [6.45, 7) is 2.39. The van der Waals surface area contributed by atoms with Crippen molar-refractivity contribution in [2.75, 3.05) is 17.7 Å². The number of anilines is 2. The Morgan fingerprint density at radius 3 is 2.76 bits per heavy atom. The van der Waals surface area contributed by atoms with Crippen molar-refractivity contribution in [3.8, 4) is 0 Å². The summed E-state index contributed by atoms with van der Waals surface area (Å²) in [4.78, 5) is 11.9. The number of hydrogen-bond acceptors (Lipinski definition) is 4. The maximum absolute atomic E-state index is 13.2. The van der Waals surface area contributed by atoms with Crippen molar-refractivity contribution in [1.29, 1.82) is 0 Å². The molecule has 5 heteroatoms. The largest absolute Gasteiger partial charge is 0.462 e. The molecule has 2 aromatic carbocycles. The second-order valence-electron chi connectivity index (χ2n) is 4.47. The van der Waals surface area contributed by atoms with E-state index >= 15 is 0 Å². The normalized spacial score (nSPS) is 10.2. The van der Waals surface area contributed by atoms with Crippen LogP contribution in [0.1, 0.15) is 22.8 Å². The van der Waals surface area contributed by atoms with Crippen LogP contribution in [0.3, 0.4) is 0 Å². The molecule has 0 aliphatic carbocycles. The van der Waals surface area contributed by atoms with Crippen molar-refractivity contribution in [2.24, 2.45) is 0 Å². The zero-order valence-electron chi connectivity index (χ0n) is 11.7. The molecule has 0 amide bonds. The second-order valence-corrected chi connectivity index (χ2v) is 4.47. The van der Waals surface area contributed by atoms with Crippen LogP contribution in [-0.4, -0.2) is 12.6 Å². The summed E-state index contributed by atoms with van der Waals surface area (Å²) in [6.07, 6.45) is 0. The Morgan fingerprint density at radius 2 is 2.05 bits per heavy atom. The number of para-hydroxylation sites is 1. The minimum atomic E-state index is -0.438. The number of rotatable bonds is 5. The molecule has 0 heterocycles. The van der Waals surface area contributed by atoms with Gasteiger partial charge in [-0.1, -0.05) is 18.2 Å². The lowest BCUT2D eigenvalue weighted by atomic mass is 10.1. The fourth-order valence-corrected chi connectivity index (χ4v) is 1.98. The summed E-state index contributed by atoms with van der Waals surface area (Å²) in [5.41, 5.74) is 7.97. The van der Waals surface area contributed by atoms with Crippen LogP contribution in [0.4, 0.5) is 15.8 Å². The number of hydrogen-bond donors (Lipinski definition) is 2. The van der Waals surface area contributed by atoms with Gasteiger partial charge in [0.1, 0.15) is 5.82 Å².